The fraction of sp³-hybridized carbons (Fsp3) is 0.200. The highest BCUT2D eigenvalue weighted by molar-refractivity contribution is 5.66. The molecule has 0 radical (unpaired) electrons. The third-order valence-electron chi connectivity index (χ3n) is 3.45. The van der Waals surface area contributed by atoms with Crippen molar-refractivity contribution in [3.63, 3.8) is 0 Å². The lowest BCUT2D eigenvalue weighted by molar-refractivity contribution is 0.662. The molecular formula is C15H14. The van der Waals surface area contributed by atoms with Gasteiger partial charge < -0.3 is 0 Å². The Bertz CT molecular complexity index is 475. The van der Waals surface area contributed by atoms with Crippen LogP contribution in [-0.2, 0) is 6.42 Å². The van der Waals surface area contributed by atoms with E-state index >= 15 is 0 Å². The first-order chi connectivity index (χ1) is 7.28. The van der Waals surface area contributed by atoms with Gasteiger partial charge in [0.25, 0.3) is 0 Å². The molecule has 0 aromatic heterocycles. The quantitative estimate of drug-likeness (QED) is 0.638. The average Bonchev–Trinajstić information content (AvgIpc) is 2.84. The Hall–Kier alpha value is -1.56. The van der Waals surface area contributed by atoms with Gasteiger partial charge in [0.05, 0.1) is 0 Å². The first-order valence-electron chi connectivity index (χ1n) is 5.44. The van der Waals surface area contributed by atoms with Gasteiger partial charge in [0, 0.05) is 5.41 Å². The van der Waals surface area contributed by atoms with Gasteiger partial charge in [-0.3, -0.25) is 0 Å². The number of benzene rings is 1. The number of rotatable bonds is 1. The zero-order valence-corrected chi connectivity index (χ0v) is 8.90. The molecule has 1 aromatic rings. The fourth-order valence-electron chi connectivity index (χ4n) is 2.41. The van der Waals surface area contributed by atoms with Gasteiger partial charge in [-0.05, 0) is 24.5 Å². The minimum absolute atomic E-state index is 0.152. The van der Waals surface area contributed by atoms with Gasteiger partial charge in [0.15, 0.2) is 0 Å². The summed E-state index contributed by atoms with van der Waals surface area (Å²) in [5.74, 6) is 0. The molecule has 2 aliphatic rings. The Morgan fingerprint density at radius 3 is 2.53 bits per heavy atom. The number of fused-ring (bicyclic) bond motifs is 1. The van der Waals surface area contributed by atoms with Crippen molar-refractivity contribution in [2.75, 3.05) is 0 Å². The molecule has 0 saturated heterocycles. The summed E-state index contributed by atoms with van der Waals surface area (Å²) < 4.78 is 0. The van der Waals surface area contributed by atoms with Gasteiger partial charge in [-0.25, -0.2) is 0 Å². The summed E-state index contributed by atoms with van der Waals surface area (Å²) in [4.78, 5) is 0. The molecule has 3 rings (SSSR count). The molecule has 74 valence electrons. The minimum atomic E-state index is 0.152. The molecule has 0 unspecified atom stereocenters. The average molecular weight is 194 g/mol. The highest BCUT2D eigenvalue weighted by Gasteiger charge is 2.28. The first-order valence-corrected chi connectivity index (χ1v) is 5.44. The molecule has 0 nitrogen and oxygen atoms in total. The summed E-state index contributed by atoms with van der Waals surface area (Å²) in [6.07, 6.45) is 12.3. The SMILES string of the molecule is CC1(C2=Cc3ccccc3C2)C=CC=C1. The summed E-state index contributed by atoms with van der Waals surface area (Å²) in [6.45, 7) is 2.28. The molecule has 0 bridgehead atoms. The van der Waals surface area contributed by atoms with Gasteiger partial charge in [-0.1, -0.05) is 60.2 Å². The maximum absolute atomic E-state index is 2.34. The molecule has 0 N–H and O–H groups in total. The predicted molar refractivity (Wildman–Crippen MR) is 64.5 cm³/mol. The van der Waals surface area contributed by atoms with Crippen molar-refractivity contribution >= 4 is 6.08 Å². The van der Waals surface area contributed by atoms with Crippen molar-refractivity contribution in [1.29, 1.82) is 0 Å². The highest BCUT2D eigenvalue weighted by atomic mass is 14.3. The van der Waals surface area contributed by atoms with Gasteiger partial charge in [0.1, 0.15) is 0 Å². The Labute approximate surface area is 90.6 Å². The van der Waals surface area contributed by atoms with Crippen LogP contribution < -0.4 is 0 Å². The number of hydrogen-bond acceptors (Lipinski definition) is 0. The Morgan fingerprint density at radius 1 is 1.07 bits per heavy atom. The smallest absolute Gasteiger partial charge is 0.0255 e. The van der Waals surface area contributed by atoms with E-state index in [1.54, 1.807) is 0 Å². The van der Waals surface area contributed by atoms with E-state index in [1.807, 2.05) is 0 Å². The topological polar surface area (TPSA) is 0 Å². The minimum Gasteiger partial charge on any atom is -0.0708 e. The molecule has 15 heavy (non-hydrogen) atoms. The second-order valence-corrected chi connectivity index (χ2v) is 4.55. The first kappa shape index (κ1) is 8.72. The summed E-state index contributed by atoms with van der Waals surface area (Å²) in [5.41, 5.74) is 4.51. The second-order valence-electron chi connectivity index (χ2n) is 4.55. The van der Waals surface area contributed by atoms with Crippen molar-refractivity contribution in [2.24, 2.45) is 5.41 Å². The van der Waals surface area contributed by atoms with Crippen LogP contribution in [0.3, 0.4) is 0 Å². The molecule has 0 fully saturated rings. The van der Waals surface area contributed by atoms with Crippen LogP contribution in [0.15, 0.2) is 54.1 Å². The summed E-state index contributed by atoms with van der Waals surface area (Å²) >= 11 is 0. The van der Waals surface area contributed by atoms with Crippen LogP contribution in [0.2, 0.25) is 0 Å². The molecule has 0 amide bonds. The summed E-state index contributed by atoms with van der Waals surface area (Å²) in [7, 11) is 0. The van der Waals surface area contributed by atoms with Crippen LogP contribution in [0.1, 0.15) is 18.1 Å². The molecular weight excluding hydrogens is 180 g/mol. The van der Waals surface area contributed by atoms with Gasteiger partial charge >= 0.3 is 0 Å². The molecule has 0 saturated carbocycles. The van der Waals surface area contributed by atoms with Gasteiger partial charge in [-0.15, -0.1) is 0 Å². The molecule has 0 heterocycles. The Balaban J connectivity index is 2.01. The Kier molecular flexibility index (Phi) is 1.72. The predicted octanol–water partition coefficient (Wildman–Crippen LogP) is 3.76. The fourth-order valence-corrected chi connectivity index (χ4v) is 2.41. The lowest BCUT2D eigenvalue weighted by atomic mass is 9.83. The summed E-state index contributed by atoms with van der Waals surface area (Å²) in [5, 5.41) is 0. The second kappa shape index (κ2) is 2.96. The molecule has 0 aliphatic heterocycles. The lowest BCUT2D eigenvalue weighted by Gasteiger charge is -2.21. The van der Waals surface area contributed by atoms with Crippen molar-refractivity contribution in [2.45, 2.75) is 13.3 Å². The molecule has 0 atom stereocenters. The maximum Gasteiger partial charge on any atom is 0.0255 e. The van der Waals surface area contributed by atoms with Crippen molar-refractivity contribution in [3.05, 3.63) is 65.3 Å². The van der Waals surface area contributed by atoms with Crippen LogP contribution >= 0.6 is 0 Å². The third kappa shape index (κ3) is 1.29. The van der Waals surface area contributed by atoms with E-state index in [0.29, 0.717) is 0 Å². The maximum atomic E-state index is 2.34. The lowest BCUT2D eigenvalue weighted by Crippen LogP contribution is -2.11. The van der Waals surface area contributed by atoms with E-state index in [1.165, 1.54) is 16.7 Å². The normalized spacial score (nSPS) is 20.5. The number of allylic oxidation sites excluding steroid dienone is 5. The van der Waals surface area contributed by atoms with Gasteiger partial charge in [-0.2, -0.15) is 0 Å². The van der Waals surface area contributed by atoms with Crippen LogP contribution in [0.25, 0.3) is 6.08 Å². The van der Waals surface area contributed by atoms with E-state index in [0.717, 1.165) is 6.42 Å². The van der Waals surface area contributed by atoms with Crippen LogP contribution in [-0.4, -0.2) is 0 Å². The van der Waals surface area contributed by atoms with E-state index in [-0.39, 0.29) is 5.41 Å². The monoisotopic (exact) mass is 194 g/mol. The van der Waals surface area contributed by atoms with Crippen LogP contribution in [0.5, 0.6) is 0 Å². The third-order valence-corrected chi connectivity index (χ3v) is 3.45. The van der Waals surface area contributed by atoms with E-state index in [4.69, 9.17) is 0 Å². The highest BCUT2D eigenvalue weighted by Crippen LogP contribution is 2.40. The van der Waals surface area contributed by atoms with Gasteiger partial charge in [0.2, 0.25) is 0 Å². The number of hydrogen-bond donors (Lipinski definition) is 0. The largest absolute Gasteiger partial charge is 0.0708 e. The molecule has 0 spiro atoms. The molecule has 0 heteroatoms. The zero-order valence-electron chi connectivity index (χ0n) is 8.90. The standard InChI is InChI=1S/C15H14/c1-15(8-4-5-9-15)14-10-12-6-2-3-7-13(12)11-14/h2-10H,11H2,1H3. The molecule has 1 aromatic carbocycles. The van der Waals surface area contributed by atoms with Crippen molar-refractivity contribution < 1.29 is 0 Å². The van der Waals surface area contributed by atoms with Crippen LogP contribution in [0, 0.1) is 5.41 Å². The van der Waals surface area contributed by atoms with Crippen molar-refractivity contribution in [3.8, 4) is 0 Å². The summed E-state index contributed by atoms with van der Waals surface area (Å²) in [6, 6.07) is 8.66. The van der Waals surface area contributed by atoms with E-state index < -0.39 is 0 Å². The zero-order chi connectivity index (χ0) is 10.3. The molecule has 2 aliphatic carbocycles. The van der Waals surface area contributed by atoms with E-state index in [2.05, 4.69) is 61.6 Å². The van der Waals surface area contributed by atoms with E-state index in [9.17, 15) is 0 Å². The van der Waals surface area contributed by atoms with Crippen LogP contribution in [0.4, 0.5) is 0 Å². The van der Waals surface area contributed by atoms with Crippen molar-refractivity contribution in [1.82, 2.24) is 0 Å². The Morgan fingerprint density at radius 2 is 1.80 bits per heavy atom.